The number of nitrogens with one attached hydrogen (secondary N) is 1. The molecule has 1 aromatic carbocycles. The van der Waals surface area contributed by atoms with Crippen LogP contribution in [0, 0.1) is 24.0 Å². The normalized spacial score (nSPS) is 10.2. The number of hydrogen-bond donors (Lipinski definition) is 1. The van der Waals surface area contributed by atoms with Gasteiger partial charge >= 0.3 is 0 Å². The summed E-state index contributed by atoms with van der Waals surface area (Å²) in [6, 6.07) is 4.07. The summed E-state index contributed by atoms with van der Waals surface area (Å²) in [6.07, 6.45) is 0. The molecule has 0 saturated heterocycles. The molecule has 0 bridgehead atoms. The maximum Gasteiger partial charge on any atom is 0.271 e. The largest absolute Gasteiger partial charge is 0.495 e. The molecule has 1 N–H and O–H groups in total. The molecular formula is C14H14N2O4S. The Labute approximate surface area is 125 Å². The van der Waals surface area contributed by atoms with Gasteiger partial charge in [-0.1, -0.05) is 0 Å². The van der Waals surface area contributed by atoms with Crippen molar-refractivity contribution >= 4 is 28.6 Å². The van der Waals surface area contributed by atoms with E-state index in [0.29, 0.717) is 11.3 Å². The van der Waals surface area contributed by atoms with E-state index in [0.717, 1.165) is 10.4 Å². The van der Waals surface area contributed by atoms with E-state index in [9.17, 15) is 14.9 Å². The van der Waals surface area contributed by atoms with E-state index in [1.165, 1.54) is 36.6 Å². The van der Waals surface area contributed by atoms with Crippen molar-refractivity contribution in [3.8, 4) is 5.75 Å². The maximum atomic E-state index is 12.3. The van der Waals surface area contributed by atoms with Crippen molar-refractivity contribution in [1.82, 2.24) is 0 Å². The lowest BCUT2D eigenvalue weighted by molar-refractivity contribution is -0.384. The molecule has 0 fully saturated rings. The Kier molecular flexibility index (Phi) is 4.23. The molecule has 6 nitrogen and oxygen atoms in total. The first-order chi connectivity index (χ1) is 9.93. The zero-order valence-electron chi connectivity index (χ0n) is 11.8. The molecule has 0 aliphatic rings. The third-order valence-corrected chi connectivity index (χ3v) is 4.19. The van der Waals surface area contributed by atoms with E-state index in [1.54, 1.807) is 5.38 Å². The Morgan fingerprint density at radius 1 is 1.38 bits per heavy atom. The SMILES string of the molecule is COc1ccc([N+](=O)[O-])cc1NC(=O)c1csc(C)c1C. The fourth-order valence-electron chi connectivity index (χ4n) is 1.83. The quantitative estimate of drug-likeness (QED) is 0.692. The van der Waals surface area contributed by atoms with E-state index in [-0.39, 0.29) is 17.3 Å². The molecular weight excluding hydrogens is 292 g/mol. The second kappa shape index (κ2) is 5.92. The van der Waals surface area contributed by atoms with Crippen molar-refractivity contribution in [3.63, 3.8) is 0 Å². The Bertz CT molecular complexity index is 709. The van der Waals surface area contributed by atoms with Gasteiger partial charge in [0.05, 0.1) is 23.3 Å². The number of nitro benzene ring substituents is 1. The molecule has 1 amide bonds. The molecule has 21 heavy (non-hydrogen) atoms. The van der Waals surface area contributed by atoms with Gasteiger partial charge in [0.2, 0.25) is 0 Å². The average molecular weight is 306 g/mol. The predicted molar refractivity (Wildman–Crippen MR) is 81.4 cm³/mol. The molecule has 110 valence electrons. The standard InChI is InChI=1S/C14H14N2O4S/c1-8-9(2)21-7-11(8)14(17)15-12-6-10(16(18)19)4-5-13(12)20-3/h4-7H,1-3H3,(H,15,17). The highest BCUT2D eigenvalue weighted by atomic mass is 32.1. The summed E-state index contributed by atoms with van der Waals surface area (Å²) in [5.74, 6) is 0.0641. The predicted octanol–water partition coefficient (Wildman–Crippen LogP) is 3.53. The first kappa shape index (κ1) is 15.0. The number of thiophene rings is 1. The van der Waals surface area contributed by atoms with Crippen LogP contribution in [0.3, 0.4) is 0 Å². The maximum absolute atomic E-state index is 12.3. The zero-order chi connectivity index (χ0) is 15.6. The van der Waals surface area contributed by atoms with Crippen molar-refractivity contribution in [2.75, 3.05) is 12.4 Å². The summed E-state index contributed by atoms with van der Waals surface area (Å²) in [5.41, 5.74) is 1.64. The van der Waals surface area contributed by atoms with Crippen LogP contribution < -0.4 is 10.1 Å². The summed E-state index contributed by atoms with van der Waals surface area (Å²) in [6.45, 7) is 3.80. The minimum Gasteiger partial charge on any atom is -0.495 e. The number of non-ortho nitro benzene ring substituents is 1. The van der Waals surface area contributed by atoms with Crippen LogP contribution in [0.2, 0.25) is 0 Å². The molecule has 0 unspecified atom stereocenters. The highest BCUT2D eigenvalue weighted by Crippen LogP contribution is 2.30. The molecule has 0 spiro atoms. The Morgan fingerprint density at radius 3 is 2.62 bits per heavy atom. The van der Waals surface area contributed by atoms with Crippen molar-refractivity contribution in [1.29, 1.82) is 0 Å². The van der Waals surface area contributed by atoms with E-state index in [2.05, 4.69) is 5.32 Å². The van der Waals surface area contributed by atoms with Gasteiger partial charge in [-0.3, -0.25) is 14.9 Å². The monoisotopic (exact) mass is 306 g/mol. The molecule has 0 atom stereocenters. The number of benzene rings is 1. The van der Waals surface area contributed by atoms with E-state index < -0.39 is 4.92 Å². The second-order valence-electron chi connectivity index (χ2n) is 4.43. The van der Waals surface area contributed by atoms with Crippen molar-refractivity contribution in [2.24, 2.45) is 0 Å². The number of anilines is 1. The van der Waals surface area contributed by atoms with Crippen molar-refractivity contribution in [3.05, 3.63) is 49.7 Å². The summed E-state index contributed by atoms with van der Waals surface area (Å²) >= 11 is 1.49. The number of ether oxygens (including phenoxy) is 1. The third-order valence-electron chi connectivity index (χ3n) is 3.17. The number of hydrogen-bond acceptors (Lipinski definition) is 5. The number of carbonyl (C=O) groups excluding carboxylic acids is 1. The average Bonchev–Trinajstić information content (AvgIpc) is 2.78. The fourth-order valence-corrected chi connectivity index (χ4v) is 2.70. The summed E-state index contributed by atoms with van der Waals surface area (Å²) in [7, 11) is 1.44. The number of methoxy groups -OCH3 is 1. The molecule has 2 rings (SSSR count). The van der Waals surface area contributed by atoms with Crippen LogP contribution in [0.4, 0.5) is 11.4 Å². The van der Waals surface area contributed by atoms with Gasteiger partial charge < -0.3 is 10.1 Å². The smallest absolute Gasteiger partial charge is 0.271 e. The van der Waals surface area contributed by atoms with Gasteiger partial charge in [0.15, 0.2) is 0 Å². The molecule has 0 saturated carbocycles. The lowest BCUT2D eigenvalue weighted by Crippen LogP contribution is -2.13. The van der Waals surface area contributed by atoms with Gasteiger partial charge in [0.25, 0.3) is 11.6 Å². The molecule has 0 aliphatic heterocycles. The fraction of sp³-hybridized carbons (Fsp3) is 0.214. The van der Waals surface area contributed by atoms with Gasteiger partial charge in [0, 0.05) is 22.4 Å². The van der Waals surface area contributed by atoms with E-state index >= 15 is 0 Å². The van der Waals surface area contributed by atoms with Crippen LogP contribution >= 0.6 is 11.3 Å². The van der Waals surface area contributed by atoms with Crippen LogP contribution in [0.25, 0.3) is 0 Å². The van der Waals surface area contributed by atoms with Crippen LogP contribution in [-0.4, -0.2) is 17.9 Å². The highest BCUT2D eigenvalue weighted by Gasteiger charge is 2.17. The number of carbonyl (C=O) groups is 1. The summed E-state index contributed by atoms with van der Waals surface area (Å²) in [5, 5.41) is 15.3. The lowest BCUT2D eigenvalue weighted by atomic mass is 10.1. The lowest BCUT2D eigenvalue weighted by Gasteiger charge is -2.10. The first-order valence-electron chi connectivity index (χ1n) is 6.12. The third kappa shape index (κ3) is 3.03. The van der Waals surface area contributed by atoms with E-state index in [4.69, 9.17) is 4.74 Å². The number of nitro groups is 1. The van der Waals surface area contributed by atoms with Crippen LogP contribution in [0.5, 0.6) is 5.75 Å². The Balaban J connectivity index is 2.33. The molecule has 2 aromatic rings. The van der Waals surface area contributed by atoms with Gasteiger partial charge in [-0.15, -0.1) is 11.3 Å². The summed E-state index contributed by atoms with van der Waals surface area (Å²) in [4.78, 5) is 23.6. The van der Waals surface area contributed by atoms with E-state index in [1.807, 2.05) is 13.8 Å². The van der Waals surface area contributed by atoms with Gasteiger partial charge in [-0.2, -0.15) is 0 Å². The highest BCUT2D eigenvalue weighted by molar-refractivity contribution is 7.10. The molecule has 1 heterocycles. The molecule has 0 aliphatic carbocycles. The Hall–Kier alpha value is -2.41. The minimum absolute atomic E-state index is 0.107. The zero-order valence-corrected chi connectivity index (χ0v) is 12.6. The van der Waals surface area contributed by atoms with Crippen molar-refractivity contribution in [2.45, 2.75) is 13.8 Å². The molecule has 1 aromatic heterocycles. The molecule has 7 heteroatoms. The van der Waals surface area contributed by atoms with Gasteiger partial charge in [-0.25, -0.2) is 0 Å². The van der Waals surface area contributed by atoms with Gasteiger partial charge in [-0.05, 0) is 25.5 Å². The number of rotatable bonds is 4. The Morgan fingerprint density at radius 2 is 2.10 bits per heavy atom. The van der Waals surface area contributed by atoms with Crippen molar-refractivity contribution < 1.29 is 14.5 Å². The second-order valence-corrected chi connectivity index (χ2v) is 5.51. The first-order valence-corrected chi connectivity index (χ1v) is 7.00. The van der Waals surface area contributed by atoms with Gasteiger partial charge in [0.1, 0.15) is 5.75 Å². The summed E-state index contributed by atoms with van der Waals surface area (Å²) < 4.78 is 5.12. The van der Waals surface area contributed by atoms with Crippen LogP contribution in [-0.2, 0) is 0 Å². The number of nitrogens with zero attached hydrogens (tertiary/aromatic N) is 1. The van der Waals surface area contributed by atoms with Crippen LogP contribution in [0.15, 0.2) is 23.6 Å². The number of aryl methyl sites for hydroxylation is 1. The minimum atomic E-state index is -0.519. The number of amides is 1. The topological polar surface area (TPSA) is 81.5 Å². The van der Waals surface area contributed by atoms with Crippen LogP contribution in [0.1, 0.15) is 20.8 Å². The molecule has 0 radical (unpaired) electrons.